The average Bonchev–Trinajstić information content (AvgIpc) is 2.49. The van der Waals surface area contributed by atoms with Crippen LogP contribution in [-0.2, 0) is 14.4 Å². The zero-order valence-electron chi connectivity index (χ0n) is 14.7. The van der Waals surface area contributed by atoms with E-state index in [0.717, 1.165) is 19.3 Å². The van der Waals surface area contributed by atoms with E-state index >= 15 is 0 Å². The molecule has 1 aliphatic rings. The zero-order chi connectivity index (χ0) is 17.6. The Labute approximate surface area is 138 Å². The molecule has 6 nitrogen and oxygen atoms in total. The van der Waals surface area contributed by atoms with Gasteiger partial charge in [0.25, 0.3) is 0 Å². The maximum atomic E-state index is 12.3. The van der Waals surface area contributed by atoms with Gasteiger partial charge in [0.05, 0.1) is 11.8 Å². The van der Waals surface area contributed by atoms with Gasteiger partial charge in [-0.1, -0.05) is 34.1 Å². The van der Waals surface area contributed by atoms with Gasteiger partial charge in [0.2, 0.25) is 11.8 Å². The number of rotatable bonds is 6. The summed E-state index contributed by atoms with van der Waals surface area (Å²) in [6, 6.07) is 0. The second-order valence-electron chi connectivity index (χ2n) is 7.41. The molecule has 1 heterocycles. The minimum Gasteiger partial charge on any atom is -0.481 e. The molecule has 0 aliphatic carbocycles. The Morgan fingerprint density at radius 2 is 1.96 bits per heavy atom. The number of carboxylic acids is 1. The Morgan fingerprint density at radius 3 is 2.48 bits per heavy atom. The lowest BCUT2D eigenvalue weighted by atomic mass is 9.91. The standard InChI is InChI=1S/C17H30N2O4/c1-5-7-12(15(21)22)10-18-14(20)13-8-6-9-19(11-13)16(23)17(2,3)4/h12-13H,5-11H2,1-4H3,(H,18,20)(H,21,22). The van der Waals surface area contributed by atoms with E-state index in [2.05, 4.69) is 5.32 Å². The summed E-state index contributed by atoms with van der Waals surface area (Å²) >= 11 is 0. The summed E-state index contributed by atoms with van der Waals surface area (Å²) in [5.41, 5.74) is -0.451. The van der Waals surface area contributed by atoms with Gasteiger partial charge in [0.1, 0.15) is 0 Å². The van der Waals surface area contributed by atoms with Crippen molar-refractivity contribution in [3.05, 3.63) is 0 Å². The van der Waals surface area contributed by atoms with Crippen LogP contribution in [0, 0.1) is 17.3 Å². The molecule has 0 saturated carbocycles. The van der Waals surface area contributed by atoms with E-state index in [0.29, 0.717) is 19.5 Å². The average molecular weight is 326 g/mol. The molecule has 1 fully saturated rings. The lowest BCUT2D eigenvalue weighted by Crippen LogP contribution is -2.49. The van der Waals surface area contributed by atoms with E-state index in [4.69, 9.17) is 5.11 Å². The minimum atomic E-state index is -0.875. The van der Waals surface area contributed by atoms with Gasteiger partial charge < -0.3 is 15.3 Å². The van der Waals surface area contributed by atoms with E-state index in [9.17, 15) is 14.4 Å². The van der Waals surface area contributed by atoms with Crippen LogP contribution in [0.25, 0.3) is 0 Å². The van der Waals surface area contributed by atoms with E-state index in [1.807, 2.05) is 27.7 Å². The van der Waals surface area contributed by atoms with Crippen LogP contribution in [0.3, 0.4) is 0 Å². The Bertz CT molecular complexity index is 442. The molecule has 1 saturated heterocycles. The lowest BCUT2D eigenvalue weighted by molar-refractivity contribution is -0.142. The molecule has 2 amide bonds. The van der Waals surface area contributed by atoms with Crippen molar-refractivity contribution < 1.29 is 19.5 Å². The van der Waals surface area contributed by atoms with Gasteiger partial charge in [-0.15, -0.1) is 0 Å². The molecule has 2 unspecified atom stereocenters. The first-order valence-corrected chi connectivity index (χ1v) is 8.46. The first-order valence-electron chi connectivity index (χ1n) is 8.46. The smallest absolute Gasteiger partial charge is 0.308 e. The Balaban J connectivity index is 2.56. The fourth-order valence-corrected chi connectivity index (χ4v) is 2.88. The topological polar surface area (TPSA) is 86.7 Å². The van der Waals surface area contributed by atoms with Gasteiger partial charge >= 0.3 is 5.97 Å². The van der Waals surface area contributed by atoms with Crippen molar-refractivity contribution in [2.45, 2.75) is 53.4 Å². The number of amides is 2. The number of carboxylic acid groups (broad SMARTS) is 1. The van der Waals surface area contributed by atoms with Crippen molar-refractivity contribution in [2.75, 3.05) is 19.6 Å². The Hall–Kier alpha value is -1.59. The van der Waals surface area contributed by atoms with Crippen LogP contribution >= 0.6 is 0 Å². The van der Waals surface area contributed by atoms with Gasteiger partial charge in [0, 0.05) is 25.0 Å². The number of aliphatic carboxylic acids is 1. The van der Waals surface area contributed by atoms with Crippen molar-refractivity contribution in [1.29, 1.82) is 0 Å². The number of carbonyl (C=O) groups is 3. The van der Waals surface area contributed by atoms with Crippen molar-refractivity contribution in [3.63, 3.8) is 0 Å². The molecule has 0 aromatic heterocycles. The maximum Gasteiger partial charge on any atom is 0.308 e. The molecule has 6 heteroatoms. The summed E-state index contributed by atoms with van der Waals surface area (Å²) in [5, 5.41) is 11.9. The quantitative estimate of drug-likeness (QED) is 0.780. The van der Waals surface area contributed by atoms with Gasteiger partial charge in [-0.05, 0) is 19.3 Å². The minimum absolute atomic E-state index is 0.0596. The molecule has 2 N–H and O–H groups in total. The molecule has 2 atom stereocenters. The molecule has 0 radical (unpaired) electrons. The zero-order valence-corrected chi connectivity index (χ0v) is 14.7. The van der Waals surface area contributed by atoms with Crippen LogP contribution in [0.1, 0.15) is 53.4 Å². The normalized spacial score (nSPS) is 20.0. The van der Waals surface area contributed by atoms with Crippen LogP contribution < -0.4 is 5.32 Å². The summed E-state index contributed by atoms with van der Waals surface area (Å²) < 4.78 is 0. The maximum absolute atomic E-state index is 12.3. The van der Waals surface area contributed by atoms with Crippen LogP contribution in [0.4, 0.5) is 0 Å². The summed E-state index contributed by atoms with van der Waals surface area (Å²) in [7, 11) is 0. The first kappa shape index (κ1) is 19.5. The largest absolute Gasteiger partial charge is 0.481 e. The van der Waals surface area contributed by atoms with Crippen molar-refractivity contribution in [2.24, 2.45) is 17.3 Å². The predicted octanol–water partition coefficient (Wildman–Crippen LogP) is 1.89. The SMILES string of the molecule is CCCC(CNC(=O)C1CCCN(C(=O)C(C)(C)C)C1)C(=O)O. The fraction of sp³-hybridized carbons (Fsp3) is 0.824. The Morgan fingerprint density at radius 1 is 1.30 bits per heavy atom. The number of piperidine rings is 1. The molecule has 0 aromatic carbocycles. The summed E-state index contributed by atoms with van der Waals surface area (Å²) in [6.45, 7) is 8.82. The first-order chi connectivity index (χ1) is 10.7. The summed E-state index contributed by atoms with van der Waals surface area (Å²) in [4.78, 5) is 37.5. The Kier molecular flexibility index (Phi) is 7.03. The molecule has 132 valence electrons. The lowest BCUT2D eigenvalue weighted by Gasteiger charge is -2.36. The van der Waals surface area contributed by atoms with Crippen LogP contribution in [0.15, 0.2) is 0 Å². The van der Waals surface area contributed by atoms with Gasteiger partial charge in [-0.2, -0.15) is 0 Å². The molecule has 1 rings (SSSR count). The third-order valence-electron chi connectivity index (χ3n) is 4.23. The number of hydrogen-bond donors (Lipinski definition) is 2. The second-order valence-corrected chi connectivity index (χ2v) is 7.41. The van der Waals surface area contributed by atoms with Gasteiger partial charge in [-0.3, -0.25) is 14.4 Å². The van der Waals surface area contributed by atoms with Crippen LogP contribution in [0.2, 0.25) is 0 Å². The van der Waals surface area contributed by atoms with Crippen molar-refractivity contribution in [1.82, 2.24) is 10.2 Å². The van der Waals surface area contributed by atoms with Gasteiger partial charge in [0.15, 0.2) is 0 Å². The second kappa shape index (κ2) is 8.31. The third-order valence-corrected chi connectivity index (χ3v) is 4.23. The molecule has 23 heavy (non-hydrogen) atoms. The van der Waals surface area contributed by atoms with Crippen molar-refractivity contribution >= 4 is 17.8 Å². The van der Waals surface area contributed by atoms with E-state index in [-0.39, 0.29) is 24.3 Å². The fourth-order valence-electron chi connectivity index (χ4n) is 2.88. The van der Waals surface area contributed by atoms with Crippen molar-refractivity contribution in [3.8, 4) is 0 Å². The molecular formula is C17H30N2O4. The molecule has 0 bridgehead atoms. The number of hydrogen-bond acceptors (Lipinski definition) is 3. The highest BCUT2D eigenvalue weighted by Crippen LogP contribution is 2.23. The number of likely N-dealkylation sites (tertiary alicyclic amines) is 1. The number of nitrogens with one attached hydrogen (secondary N) is 1. The number of carbonyl (C=O) groups excluding carboxylic acids is 2. The molecule has 0 aromatic rings. The summed E-state index contributed by atoms with van der Waals surface area (Å²) in [6.07, 6.45) is 2.86. The van der Waals surface area contributed by atoms with E-state index in [1.54, 1.807) is 4.90 Å². The van der Waals surface area contributed by atoms with Gasteiger partial charge in [-0.25, -0.2) is 0 Å². The molecule has 1 aliphatic heterocycles. The highest BCUT2D eigenvalue weighted by Gasteiger charge is 2.33. The van der Waals surface area contributed by atoms with Crippen LogP contribution in [0.5, 0.6) is 0 Å². The molecular weight excluding hydrogens is 296 g/mol. The predicted molar refractivity (Wildman–Crippen MR) is 87.8 cm³/mol. The van der Waals surface area contributed by atoms with E-state index in [1.165, 1.54) is 0 Å². The summed E-state index contributed by atoms with van der Waals surface area (Å²) in [5.74, 6) is -1.74. The highest BCUT2D eigenvalue weighted by molar-refractivity contribution is 5.84. The highest BCUT2D eigenvalue weighted by atomic mass is 16.4. The molecule has 0 spiro atoms. The number of nitrogens with zero attached hydrogens (tertiary/aromatic N) is 1. The third kappa shape index (κ3) is 5.84. The van der Waals surface area contributed by atoms with Crippen LogP contribution in [-0.4, -0.2) is 47.4 Å². The monoisotopic (exact) mass is 326 g/mol. The van der Waals surface area contributed by atoms with E-state index < -0.39 is 17.3 Å².